The van der Waals surface area contributed by atoms with Crippen molar-refractivity contribution in [3.63, 3.8) is 0 Å². The summed E-state index contributed by atoms with van der Waals surface area (Å²) in [5.74, 6) is 2.58. The molecule has 0 atom stereocenters. The molecule has 1 aliphatic rings. The molecule has 5 heteroatoms. The van der Waals surface area contributed by atoms with Crippen molar-refractivity contribution < 1.29 is 9.47 Å². The van der Waals surface area contributed by atoms with E-state index in [1.165, 1.54) is 5.56 Å². The van der Waals surface area contributed by atoms with Crippen LogP contribution < -0.4 is 9.47 Å². The summed E-state index contributed by atoms with van der Waals surface area (Å²) in [5, 5.41) is 0. The number of nitrogens with zero attached hydrogens (tertiary/aromatic N) is 3. The first-order valence-electron chi connectivity index (χ1n) is 8.54. The first-order valence-corrected chi connectivity index (χ1v) is 8.54. The lowest BCUT2D eigenvalue weighted by Gasteiger charge is -2.23. The van der Waals surface area contributed by atoms with Crippen LogP contribution >= 0.6 is 0 Å². The molecule has 3 aromatic rings. The van der Waals surface area contributed by atoms with Crippen molar-refractivity contribution in [3.05, 3.63) is 48.0 Å². The van der Waals surface area contributed by atoms with E-state index in [0.717, 1.165) is 52.8 Å². The average molecular weight is 335 g/mol. The van der Waals surface area contributed by atoms with Crippen molar-refractivity contribution in [1.29, 1.82) is 0 Å². The number of benzene rings is 1. The molecular weight excluding hydrogens is 314 g/mol. The maximum absolute atomic E-state index is 5.79. The number of hydrogen-bond acceptors (Lipinski definition) is 4. The van der Waals surface area contributed by atoms with E-state index in [0.29, 0.717) is 6.61 Å². The number of aromatic nitrogens is 3. The molecule has 1 aliphatic heterocycles. The van der Waals surface area contributed by atoms with Gasteiger partial charge in [-0.1, -0.05) is 0 Å². The molecule has 25 heavy (non-hydrogen) atoms. The second kappa shape index (κ2) is 6.24. The van der Waals surface area contributed by atoms with Crippen molar-refractivity contribution in [3.8, 4) is 34.0 Å². The van der Waals surface area contributed by atoms with Gasteiger partial charge in [0.05, 0.1) is 25.1 Å². The molecule has 0 bridgehead atoms. The minimum Gasteiger partial charge on any atom is -0.493 e. The van der Waals surface area contributed by atoms with Crippen LogP contribution in [0.4, 0.5) is 0 Å². The Hall–Kier alpha value is -2.82. The summed E-state index contributed by atoms with van der Waals surface area (Å²) in [6.07, 6.45) is 4.60. The fraction of sp³-hybridized carbons (Fsp3) is 0.300. The summed E-state index contributed by atoms with van der Waals surface area (Å²) in [4.78, 5) is 9.09. The Labute approximate surface area is 147 Å². The molecule has 5 nitrogen and oxygen atoms in total. The summed E-state index contributed by atoms with van der Waals surface area (Å²) in [5.41, 5.74) is 5.56. The van der Waals surface area contributed by atoms with Gasteiger partial charge in [-0.15, -0.1) is 0 Å². The third kappa shape index (κ3) is 2.56. The van der Waals surface area contributed by atoms with Crippen LogP contribution in [0.1, 0.15) is 18.3 Å². The van der Waals surface area contributed by atoms with Crippen LogP contribution in [0, 0.1) is 6.92 Å². The molecule has 2 aromatic heterocycles. The Morgan fingerprint density at radius 3 is 2.84 bits per heavy atom. The van der Waals surface area contributed by atoms with Gasteiger partial charge < -0.3 is 14.0 Å². The van der Waals surface area contributed by atoms with E-state index in [2.05, 4.69) is 34.7 Å². The number of aryl methyl sites for hydroxylation is 2. The molecule has 0 amide bonds. The first-order chi connectivity index (χ1) is 12.2. The number of fused-ring (bicyclic) bond motifs is 3. The molecule has 0 saturated carbocycles. The Morgan fingerprint density at radius 2 is 2.12 bits per heavy atom. The van der Waals surface area contributed by atoms with Gasteiger partial charge in [0.1, 0.15) is 5.82 Å². The van der Waals surface area contributed by atoms with Crippen molar-refractivity contribution >= 4 is 0 Å². The lowest BCUT2D eigenvalue weighted by Crippen LogP contribution is -2.13. The van der Waals surface area contributed by atoms with Gasteiger partial charge in [0, 0.05) is 30.1 Å². The van der Waals surface area contributed by atoms with E-state index in [1.54, 1.807) is 13.3 Å². The standard InChI is InChI=1S/C20H21N3O2/c1-4-25-18-11-16-14(10-17(18)24-3)7-9-23-13(2)22-19(20(16)23)15-6-5-8-21-12-15/h5-6,8,10-12H,4,7,9H2,1-3H3. The lowest BCUT2D eigenvalue weighted by molar-refractivity contribution is 0.310. The summed E-state index contributed by atoms with van der Waals surface area (Å²) in [6, 6.07) is 8.18. The number of imidazole rings is 1. The summed E-state index contributed by atoms with van der Waals surface area (Å²) < 4.78 is 13.6. The van der Waals surface area contributed by atoms with Gasteiger partial charge in [-0.25, -0.2) is 4.98 Å². The number of ether oxygens (including phenoxy) is 2. The van der Waals surface area contributed by atoms with Gasteiger partial charge in [-0.2, -0.15) is 0 Å². The Balaban J connectivity index is 1.95. The Morgan fingerprint density at radius 1 is 1.24 bits per heavy atom. The predicted molar refractivity (Wildman–Crippen MR) is 97.1 cm³/mol. The Kier molecular flexibility index (Phi) is 3.92. The molecule has 3 heterocycles. The van der Waals surface area contributed by atoms with Crippen molar-refractivity contribution in [2.45, 2.75) is 26.8 Å². The minimum atomic E-state index is 0.600. The smallest absolute Gasteiger partial charge is 0.161 e. The van der Waals surface area contributed by atoms with Crippen LogP contribution in [0.5, 0.6) is 11.5 Å². The molecular formula is C20H21N3O2. The van der Waals surface area contributed by atoms with E-state index in [1.807, 2.05) is 19.2 Å². The maximum Gasteiger partial charge on any atom is 0.161 e. The van der Waals surface area contributed by atoms with Gasteiger partial charge in [-0.05, 0) is 50.1 Å². The topological polar surface area (TPSA) is 49.2 Å². The second-order valence-corrected chi connectivity index (χ2v) is 6.09. The number of hydrogen-bond donors (Lipinski definition) is 0. The quantitative estimate of drug-likeness (QED) is 0.726. The molecule has 0 aliphatic carbocycles. The molecule has 128 valence electrons. The van der Waals surface area contributed by atoms with E-state index < -0.39 is 0 Å². The third-order valence-corrected chi connectivity index (χ3v) is 4.64. The largest absolute Gasteiger partial charge is 0.493 e. The highest BCUT2D eigenvalue weighted by Crippen LogP contribution is 2.42. The molecule has 1 aromatic carbocycles. The Bertz CT molecular complexity index is 916. The van der Waals surface area contributed by atoms with Crippen LogP contribution in [0.15, 0.2) is 36.7 Å². The SMILES string of the molecule is CCOc1cc2c(cc1OC)CCn1c(C)nc(-c3cccnc3)c1-2. The van der Waals surface area contributed by atoms with Crippen LogP contribution in [0.2, 0.25) is 0 Å². The molecule has 0 unspecified atom stereocenters. The molecule has 4 rings (SSSR count). The van der Waals surface area contributed by atoms with E-state index >= 15 is 0 Å². The van der Waals surface area contributed by atoms with Gasteiger partial charge in [0.15, 0.2) is 11.5 Å². The molecule has 0 N–H and O–H groups in total. The van der Waals surface area contributed by atoms with Crippen LogP contribution in [0.25, 0.3) is 22.5 Å². The van der Waals surface area contributed by atoms with Crippen molar-refractivity contribution in [2.24, 2.45) is 0 Å². The summed E-state index contributed by atoms with van der Waals surface area (Å²) in [7, 11) is 1.68. The van der Waals surface area contributed by atoms with Gasteiger partial charge in [0.2, 0.25) is 0 Å². The fourth-order valence-electron chi connectivity index (χ4n) is 3.50. The van der Waals surface area contributed by atoms with Gasteiger partial charge in [-0.3, -0.25) is 4.98 Å². The molecule has 0 fully saturated rings. The zero-order chi connectivity index (χ0) is 17.4. The van der Waals surface area contributed by atoms with Crippen LogP contribution in [0.3, 0.4) is 0 Å². The van der Waals surface area contributed by atoms with E-state index in [4.69, 9.17) is 14.5 Å². The highest BCUT2D eigenvalue weighted by molar-refractivity contribution is 5.82. The zero-order valence-corrected chi connectivity index (χ0v) is 14.7. The second-order valence-electron chi connectivity index (χ2n) is 6.09. The normalized spacial score (nSPS) is 12.4. The van der Waals surface area contributed by atoms with Crippen LogP contribution in [-0.4, -0.2) is 28.3 Å². The third-order valence-electron chi connectivity index (χ3n) is 4.64. The molecule has 0 radical (unpaired) electrons. The van der Waals surface area contributed by atoms with E-state index in [9.17, 15) is 0 Å². The first kappa shape index (κ1) is 15.7. The molecule has 0 spiro atoms. The van der Waals surface area contributed by atoms with Crippen molar-refractivity contribution in [2.75, 3.05) is 13.7 Å². The highest BCUT2D eigenvalue weighted by Gasteiger charge is 2.26. The monoisotopic (exact) mass is 335 g/mol. The highest BCUT2D eigenvalue weighted by atomic mass is 16.5. The van der Waals surface area contributed by atoms with Gasteiger partial charge >= 0.3 is 0 Å². The van der Waals surface area contributed by atoms with Gasteiger partial charge in [0.25, 0.3) is 0 Å². The van der Waals surface area contributed by atoms with E-state index in [-0.39, 0.29) is 0 Å². The number of methoxy groups -OCH3 is 1. The lowest BCUT2D eigenvalue weighted by atomic mass is 9.95. The fourth-order valence-corrected chi connectivity index (χ4v) is 3.50. The maximum atomic E-state index is 5.79. The molecule has 0 saturated heterocycles. The summed E-state index contributed by atoms with van der Waals surface area (Å²) in [6.45, 7) is 5.55. The van der Waals surface area contributed by atoms with Crippen molar-refractivity contribution in [1.82, 2.24) is 14.5 Å². The number of pyridine rings is 1. The van der Waals surface area contributed by atoms with Crippen LogP contribution in [-0.2, 0) is 13.0 Å². The zero-order valence-electron chi connectivity index (χ0n) is 14.7. The minimum absolute atomic E-state index is 0.600. The average Bonchev–Trinajstić information content (AvgIpc) is 2.99. The number of rotatable bonds is 4. The summed E-state index contributed by atoms with van der Waals surface area (Å²) >= 11 is 0. The predicted octanol–water partition coefficient (Wildman–Crippen LogP) is 3.88.